The zero-order chi connectivity index (χ0) is 14.2. The number of nitrogens with two attached hydrogens (primary N) is 1. The molecule has 0 radical (unpaired) electrons. The third-order valence-corrected chi connectivity index (χ3v) is 3.36. The number of rotatable bonds is 7. The molecule has 3 heteroatoms. The molecule has 0 unspecified atom stereocenters. The minimum Gasteiger partial charge on any atom is -0.399 e. The number of hydrogen-bond acceptors (Lipinski definition) is 3. The van der Waals surface area contributed by atoms with Gasteiger partial charge in [0, 0.05) is 25.3 Å². The second kappa shape index (κ2) is 7.68. The lowest BCUT2D eigenvalue weighted by molar-refractivity contribution is 0.191. The first-order valence-electron chi connectivity index (χ1n) is 6.99. The van der Waals surface area contributed by atoms with Crippen molar-refractivity contribution >= 4 is 5.69 Å². The highest BCUT2D eigenvalue weighted by atomic mass is 16.3. The predicted molar refractivity (Wildman–Crippen MR) is 83.4 cm³/mol. The highest BCUT2D eigenvalue weighted by Crippen LogP contribution is 2.09. The summed E-state index contributed by atoms with van der Waals surface area (Å²) in [5, 5.41) is 9.19. The van der Waals surface area contributed by atoms with E-state index < -0.39 is 0 Å². The molecule has 0 aliphatic carbocycles. The summed E-state index contributed by atoms with van der Waals surface area (Å²) in [5.41, 5.74) is 9.04. The van der Waals surface area contributed by atoms with Crippen LogP contribution in [-0.4, -0.2) is 29.7 Å². The fraction of sp³-hybridized carbons (Fsp3) is 0.294. The number of nitrogen functional groups attached to an aromatic ring is 1. The largest absolute Gasteiger partial charge is 0.399 e. The first kappa shape index (κ1) is 14.6. The summed E-state index contributed by atoms with van der Waals surface area (Å²) in [4.78, 5) is 2.27. The molecule has 0 saturated heterocycles. The van der Waals surface area contributed by atoms with E-state index >= 15 is 0 Å². The van der Waals surface area contributed by atoms with Gasteiger partial charge in [0.05, 0.1) is 6.61 Å². The summed E-state index contributed by atoms with van der Waals surface area (Å²) in [5.74, 6) is 0. The van der Waals surface area contributed by atoms with Crippen LogP contribution in [0.5, 0.6) is 0 Å². The van der Waals surface area contributed by atoms with E-state index in [4.69, 9.17) is 5.73 Å². The van der Waals surface area contributed by atoms with Crippen molar-refractivity contribution in [2.24, 2.45) is 0 Å². The number of benzene rings is 2. The molecule has 0 spiro atoms. The van der Waals surface area contributed by atoms with Gasteiger partial charge in [0.15, 0.2) is 0 Å². The SMILES string of the molecule is Nc1ccc(CCN(CCO)Cc2ccccc2)cc1. The molecule has 0 aromatic heterocycles. The molecule has 3 nitrogen and oxygen atoms in total. The van der Waals surface area contributed by atoms with Crippen LogP contribution in [0, 0.1) is 0 Å². The number of aliphatic hydroxyl groups excluding tert-OH is 1. The smallest absolute Gasteiger partial charge is 0.0558 e. The molecule has 20 heavy (non-hydrogen) atoms. The maximum Gasteiger partial charge on any atom is 0.0558 e. The van der Waals surface area contributed by atoms with Crippen LogP contribution >= 0.6 is 0 Å². The fourth-order valence-corrected chi connectivity index (χ4v) is 2.22. The van der Waals surface area contributed by atoms with Crippen molar-refractivity contribution in [1.82, 2.24) is 4.90 Å². The van der Waals surface area contributed by atoms with E-state index in [0.29, 0.717) is 6.54 Å². The second-order valence-corrected chi connectivity index (χ2v) is 4.98. The zero-order valence-electron chi connectivity index (χ0n) is 11.7. The van der Waals surface area contributed by atoms with Crippen LogP contribution in [0.4, 0.5) is 5.69 Å². The Hall–Kier alpha value is -1.84. The monoisotopic (exact) mass is 270 g/mol. The van der Waals surface area contributed by atoms with Crippen molar-refractivity contribution in [3.8, 4) is 0 Å². The van der Waals surface area contributed by atoms with E-state index in [9.17, 15) is 5.11 Å². The van der Waals surface area contributed by atoms with Crippen molar-refractivity contribution in [3.05, 3.63) is 65.7 Å². The molecule has 0 bridgehead atoms. The van der Waals surface area contributed by atoms with Gasteiger partial charge in [-0.3, -0.25) is 4.90 Å². The van der Waals surface area contributed by atoms with Crippen LogP contribution in [0.25, 0.3) is 0 Å². The van der Waals surface area contributed by atoms with Crippen LogP contribution in [0.15, 0.2) is 54.6 Å². The van der Waals surface area contributed by atoms with Gasteiger partial charge in [0.25, 0.3) is 0 Å². The van der Waals surface area contributed by atoms with Crippen LogP contribution in [-0.2, 0) is 13.0 Å². The van der Waals surface area contributed by atoms with Gasteiger partial charge >= 0.3 is 0 Å². The van der Waals surface area contributed by atoms with Crippen LogP contribution < -0.4 is 5.73 Å². The highest BCUT2D eigenvalue weighted by molar-refractivity contribution is 5.39. The van der Waals surface area contributed by atoms with Crippen LogP contribution in [0.2, 0.25) is 0 Å². The molecule has 0 saturated carbocycles. The molecule has 2 rings (SSSR count). The minimum atomic E-state index is 0.189. The summed E-state index contributed by atoms with van der Waals surface area (Å²) >= 11 is 0. The van der Waals surface area contributed by atoms with Gasteiger partial charge in [-0.25, -0.2) is 0 Å². The van der Waals surface area contributed by atoms with Gasteiger partial charge in [-0.15, -0.1) is 0 Å². The summed E-state index contributed by atoms with van der Waals surface area (Å²) in [6, 6.07) is 18.4. The van der Waals surface area contributed by atoms with Crippen molar-refractivity contribution in [2.75, 3.05) is 25.4 Å². The Bertz CT molecular complexity index is 496. The molecule has 0 atom stereocenters. The van der Waals surface area contributed by atoms with E-state index in [2.05, 4.69) is 29.2 Å². The molecular weight excluding hydrogens is 248 g/mol. The van der Waals surface area contributed by atoms with E-state index in [1.807, 2.05) is 30.3 Å². The van der Waals surface area contributed by atoms with Crippen molar-refractivity contribution in [2.45, 2.75) is 13.0 Å². The predicted octanol–water partition coefficient (Wildman–Crippen LogP) is 2.31. The third-order valence-electron chi connectivity index (χ3n) is 3.36. The summed E-state index contributed by atoms with van der Waals surface area (Å²) in [7, 11) is 0. The van der Waals surface area contributed by atoms with Gasteiger partial charge in [0.1, 0.15) is 0 Å². The Labute approximate surface area is 120 Å². The molecule has 106 valence electrons. The number of hydrogen-bond donors (Lipinski definition) is 2. The molecule has 3 N–H and O–H groups in total. The Morgan fingerprint density at radius 1 is 0.850 bits per heavy atom. The lowest BCUT2D eigenvalue weighted by Gasteiger charge is -2.21. The maximum absolute atomic E-state index is 9.19. The van der Waals surface area contributed by atoms with Gasteiger partial charge < -0.3 is 10.8 Å². The molecule has 0 aliphatic heterocycles. The number of anilines is 1. The van der Waals surface area contributed by atoms with Crippen molar-refractivity contribution < 1.29 is 5.11 Å². The van der Waals surface area contributed by atoms with E-state index in [1.165, 1.54) is 11.1 Å². The van der Waals surface area contributed by atoms with Crippen LogP contribution in [0.3, 0.4) is 0 Å². The molecule has 2 aromatic rings. The van der Waals surface area contributed by atoms with Crippen LogP contribution in [0.1, 0.15) is 11.1 Å². The first-order valence-corrected chi connectivity index (χ1v) is 6.99. The second-order valence-electron chi connectivity index (χ2n) is 4.98. The third kappa shape index (κ3) is 4.68. The highest BCUT2D eigenvalue weighted by Gasteiger charge is 2.05. The average Bonchev–Trinajstić information content (AvgIpc) is 2.48. The Balaban J connectivity index is 1.90. The van der Waals surface area contributed by atoms with Crippen molar-refractivity contribution in [3.63, 3.8) is 0 Å². The summed E-state index contributed by atoms with van der Waals surface area (Å²) in [6.45, 7) is 2.69. The molecule has 2 aromatic carbocycles. The maximum atomic E-state index is 9.19. The van der Waals surface area contributed by atoms with Gasteiger partial charge in [-0.05, 0) is 29.7 Å². The Kier molecular flexibility index (Phi) is 5.59. The fourth-order valence-electron chi connectivity index (χ4n) is 2.22. The molecule has 0 aliphatic rings. The minimum absolute atomic E-state index is 0.189. The summed E-state index contributed by atoms with van der Waals surface area (Å²) < 4.78 is 0. The first-order chi connectivity index (χ1) is 9.78. The molecule has 0 amide bonds. The summed E-state index contributed by atoms with van der Waals surface area (Å²) in [6.07, 6.45) is 0.965. The lowest BCUT2D eigenvalue weighted by atomic mass is 10.1. The van der Waals surface area contributed by atoms with Gasteiger partial charge in [0.2, 0.25) is 0 Å². The topological polar surface area (TPSA) is 49.5 Å². The Morgan fingerprint density at radius 3 is 2.20 bits per heavy atom. The normalized spacial score (nSPS) is 10.9. The van der Waals surface area contributed by atoms with E-state index in [-0.39, 0.29) is 6.61 Å². The molecule has 0 fully saturated rings. The van der Waals surface area contributed by atoms with Gasteiger partial charge in [-0.2, -0.15) is 0 Å². The number of aliphatic hydroxyl groups is 1. The molecule has 0 heterocycles. The quantitative estimate of drug-likeness (QED) is 0.759. The standard InChI is InChI=1S/C17H22N2O/c18-17-8-6-15(7-9-17)10-11-19(12-13-20)14-16-4-2-1-3-5-16/h1-9,20H,10-14,18H2. The molecular formula is C17H22N2O. The van der Waals surface area contributed by atoms with Gasteiger partial charge in [-0.1, -0.05) is 42.5 Å². The van der Waals surface area contributed by atoms with E-state index in [0.717, 1.165) is 25.2 Å². The number of nitrogens with zero attached hydrogens (tertiary/aromatic N) is 1. The van der Waals surface area contributed by atoms with E-state index in [1.54, 1.807) is 0 Å². The lowest BCUT2D eigenvalue weighted by Crippen LogP contribution is -2.28. The Morgan fingerprint density at radius 2 is 1.55 bits per heavy atom. The van der Waals surface area contributed by atoms with Crippen molar-refractivity contribution in [1.29, 1.82) is 0 Å². The average molecular weight is 270 g/mol. The zero-order valence-corrected chi connectivity index (χ0v) is 11.7.